The molecule has 5 atom stereocenters. The summed E-state index contributed by atoms with van der Waals surface area (Å²) in [5.74, 6) is 4.27. The Kier molecular flexibility index (Phi) is 2.27. The molecule has 0 heterocycles. The maximum atomic E-state index is 9.51. The van der Waals surface area contributed by atoms with Gasteiger partial charge in [0.05, 0.1) is 6.61 Å². The Morgan fingerprint density at radius 2 is 2.25 bits per heavy atom. The third-order valence-corrected chi connectivity index (χ3v) is 5.99. The second-order valence-electron chi connectivity index (χ2n) is 6.79. The van der Waals surface area contributed by atoms with Crippen LogP contribution in [0, 0.1) is 35.0 Å². The largest absolute Gasteiger partial charge is 0.392 e. The first kappa shape index (κ1) is 10.8. The van der Waals surface area contributed by atoms with E-state index in [-0.39, 0.29) is 0 Å². The van der Waals surface area contributed by atoms with Gasteiger partial charge in [-0.2, -0.15) is 0 Å². The molecule has 1 N–H and O–H groups in total. The lowest BCUT2D eigenvalue weighted by molar-refractivity contribution is -0.183. The van der Waals surface area contributed by atoms with Gasteiger partial charge in [-0.05, 0) is 59.8 Å². The molecule has 1 heteroatoms. The Bertz CT molecular complexity index is 330. The highest BCUT2D eigenvalue weighted by molar-refractivity contribution is 5.29. The highest BCUT2D eigenvalue weighted by Gasteiger charge is 2.65. The molecule has 0 unspecified atom stereocenters. The van der Waals surface area contributed by atoms with Crippen molar-refractivity contribution < 1.29 is 5.11 Å². The van der Waals surface area contributed by atoms with Crippen LogP contribution in [0.1, 0.15) is 40.0 Å². The number of hydrogen-bond donors (Lipinski definition) is 1. The zero-order chi connectivity index (χ0) is 11.5. The molecule has 0 aromatic rings. The molecule has 4 aliphatic carbocycles. The molecule has 4 aliphatic rings. The van der Waals surface area contributed by atoms with E-state index >= 15 is 0 Å². The monoisotopic (exact) mass is 220 g/mol. The van der Waals surface area contributed by atoms with E-state index in [0.717, 1.165) is 29.6 Å². The first-order chi connectivity index (χ1) is 7.59. The summed E-state index contributed by atoms with van der Waals surface area (Å²) in [4.78, 5) is 0. The maximum absolute atomic E-state index is 9.51. The fraction of sp³-hybridized carbons (Fsp3) is 0.867. The van der Waals surface area contributed by atoms with Crippen LogP contribution in [0.15, 0.2) is 11.6 Å². The van der Waals surface area contributed by atoms with E-state index in [1.165, 1.54) is 24.8 Å². The number of aliphatic hydroxyl groups excluding tert-OH is 1. The topological polar surface area (TPSA) is 20.2 Å². The van der Waals surface area contributed by atoms with E-state index < -0.39 is 0 Å². The standard InChI is InChI=1S/C15H24O/c1-9(2)11-6-7-15(3)12-5-4-10(8-16)14(15)13(11)12/h4,9,11-14,16H,5-8H2,1-3H3/t11-,12-,13-,14+,15+/m0/s1. The van der Waals surface area contributed by atoms with Gasteiger partial charge in [-0.15, -0.1) is 0 Å². The maximum Gasteiger partial charge on any atom is 0.0644 e. The van der Waals surface area contributed by atoms with Gasteiger partial charge < -0.3 is 5.11 Å². The summed E-state index contributed by atoms with van der Waals surface area (Å²) < 4.78 is 0. The summed E-state index contributed by atoms with van der Waals surface area (Å²) in [6.07, 6.45) is 6.37. The molecule has 0 spiro atoms. The van der Waals surface area contributed by atoms with Crippen LogP contribution in [0.2, 0.25) is 0 Å². The Morgan fingerprint density at radius 1 is 1.50 bits per heavy atom. The fourth-order valence-electron chi connectivity index (χ4n) is 5.22. The minimum Gasteiger partial charge on any atom is -0.392 e. The van der Waals surface area contributed by atoms with Crippen molar-refractivity contribution in [3.8, 4) is 0 Å². The van der Waals surface area contributed by atoms with Gasteiger partial charge in [-0.3, -0.25) is 0 Å². The second kappa shape index (κ2) is 3.35. The quantitative estimate of drug-likeness (QED) is 0.708. The summed E-state index contributed by atoms with van der Waals surface area (Å²) in [6, 6.07) is 0. The number of aliphatic hydroxyl groups is 1. The summed E-state index contributed by atoms with van der Waals surface area (Å²) in [5, 5.41) is 9.51. The van der Waals surface area contributed by atoms with Crippen molar-refractivity contribution in [3.63, 3.8) is 0 Å². The zero-order valence-corrected chi connectivity index (χ0v) is 10.7. The van der Waals surface area contributed by atoms with Gasteiger partial charge in [0, 0.05) is 0 Å². The van der Waals surface area contributed by atoms with Crippen LogP contribution in [-0.4, -0.2) is 11.7 Å². The minimum atomic E-state index is 0.300. The van der Waals surface area contributed by atoms with Gasteiger partial charge in [0.1, 0.15) is 0 Å². The third kappa shape index (κ3) is 1.11. The van der Waals surface area contributed by atoms with Crippen molar-refractivity contribution in [1.82, 2.24) is 0 Å². The normalized spacial score (nSPS) is 49.9. The molecule has 3 fully saturated rings. The van der Waals surface area contributed by atoms with Crippen LogP contribution >= 0.6 is 0 Å². The smallest absolute Gasteiger partial charge is 0.0644 e. The van der Waals surface area contributed by atoms with E-state index in [0.29, 0.717) is 12.0 Å². The predicted molar refractivity (Wildman–Crippen MR) is 65.9 cm³/mol. The van der Waals surface area contributed by atoms with E-state index in [2.05, 4.69) is 26.8 Å². The van der Waals surface area contributed by atoms with Crippen molar-refractivity contribution in [2.24, 2.45) is 35.0 Å². The van der Waals surface area contributed by atoms with Crippen LogP contribution in [0.3, 0.4) is 0 Å². The Hall–Kier alpha value is -0.300. The van der Waals surface area contributed by atoms with Crippen molar-refractivity contribution >= 4 is 0 Å². The van der Waals surface area contributed by atoms with Crippen LogP contribution in [0.5, 0.6) is 0 Å². The van der Waals surface area contributed by atoms with Gasteiger partial charge in [-0.25, -0.2) is 0 Å². The molecule has 0 amide bonds. The molecule has 3 saturated carbocycles. The van der Waals surface area contributed by atoms with E-state index in [1.807, 2.05) is 0 Å². The molecular formula is C15H24O. The van der Waals surface area contributed by atoms with Crippen LogP contribution in [-0.2, 0) is 0 Å². The van der Waals surface area contributed by atoms with Crippen LogP contribution < -0.4 is 0 Å². The number of rotatable bonds is 2. The number of hydrogen-bond acceptors (Lipinski definition) is 1. The van der Waals surface area contributed by atoms with Crippen molar-refractivity contribution in [1.29, 1.82) is 0 Å². The molecule has 1 nitrogen and oxygen atoms in total. The lowest BCUT2D eigenvalue weighted by atomic mass is 9.34. The molecule has 0 aromatic carbocycles. The van der Waals surface area contributed by atoms with Crippen LogP contribution in [0.25, 0.3) is 0 Å². The summed E-state index contributed by atoms with van der Waals surface area (Å²) >= 11 is 0. The van der Waals surface area contributed by atoms with Gasteiger partial charge >= 0.3 is 0 Å². The SMILES string of the molecule is CC(C)[C@@H]1CC[C@@]2(C)[C@@H]3C(CO)=CC[C@H]2[C@@H]31. The summed E-state index contributed by atoms with van der Waals surface area (Å²) in [5.41, 5.74) is 1.91. The van der Waals surface area contributed by atoms with Gasteiger partial charge in [-0.1, -0.05) is 26.8 Å². The second-order valence-corrected chi connectivity index (χ2v) is 6.79. The molecule has 0 aromatic heterocycles. The first-order valence-electron chi connectivity index (χ1n) is 6.89. The van der Waals surface area contributed by atoms with E-state index in [9.17, 15) is 5.11 Å². The molecule has 4 rings (SSSR count). The molecule has 0 saturated heterocycles. The number of fused-ring (bicyclic) bond motifs is 2. The average molecular weight is 220 g/mol. The molecule has 0 aliphatic heterocycles. The highest BCUT2D eigenvalue weighted by atomic mass is 16.3. The van der Waals surface area contributed by atoms with E-state index in [4.69, 9.17) is 0 Å². The predicted octanol–water partition coefficient (Wildman–Crippen LogP) is 3.24. The molecular weight excluding hydrogens is 196 g/mol. The minimum absolute atomic E-state index is 0.300. The highest BCUT2D eigenvalue weighted by Crippen LogP contribution is 2.71. The third-order valence-electron chi connectivity index (χ3n) is 5.99. The van der Waals surface area contributed by atoms with Gasteiger partial charge in [0.15, 0.2) is 0 Å². The molecule has 0 radical (unpaired) electrons. The Morgan fingerprint density at radius 3 is 2.88 bits per heavy atom. The first-order valence-corrected chi connectivity index (χ1v) is 6.89. The van der Waals surface area contributed by atoms with E-state index in [1.54, 1.807) is 0 Å². The lowest BCUT2D eigenvalue weighted by Gasteiger charge is -2.70. The average Bonchev–Trinajstić information content (AvgIpc) is 2.29. The van der Waals surface area contributed by atoms with Crippen molar-refractivity contribution in [3.05, 3.63) is 11.6 Å². The summed E-state index contributed by atoms with van der Waals surface area (Å²) in [6.45, 7) is 7.53. The van der Waals surface area contributed by atoms with Crippen molar-refractivity contribution in [2.45, 2.75) is 40.0 Å². The van der Waals surface area contributed by atoms with Gasteiger partial charge in [0.2, 0.25) is 0 Å². The van der Waals surface area contributed by atoms with Crippen molar-refractivity contribution in [2.75, 3.05) is 6.61 Å². The molecule has 16 heavy (non-hydrogen) atoms. The molecule has 4 bridgehead atoms. The summed E-state index contributed by atoms with van der Waals surface area (Å²) in [7, 11) is 0. The van der Waals surface area contributed by atoms with Gasteiger partial charge in [0.25, 0.3) is 0 Å². The molecule has 90 valence electrons. The Labute approximate surface area is 98.9 Å². The number of allylic oxidation sites excluding steroid dienone is 1. The van der Waals surface area contributed by atoms with Crippen LogP contribution in [0.4, 0.5) is 0 Å². The Balaban J connectivity index is 1.93. The zero-order valence-electron chi connectivity index (χ0n) is 10.7. The lowest BCUT2D eigenvalue weighted by Crippen LogP contribution is -2.64. The fourth-order valence-corrected chi connectivity index (χ4v) is 5.22.